The first-order chi connectivity index (χ1) is 12.9. The third kappa shape index (κ3) is 15.4. The molecule has 1 heteroatoms. The zero-order valence-corrected chi connectivity index (χ0v) is 17.4. The number of aryl methyl sites for hydroxylation is 1. The quantitative estimate of drug-likeness (QED) is 0.228. The molecule has 0 spiro atoms. The van der Waals surface area contributed by atoms with Gasteiger partial charge in [0.15, 0.2) is 0 Å². The maximum absolute atomic E-state index is 5.75. The van der Waals surface area contributed by atoms with Crippen molar-refractivity contribution in [3.63, 3.8) is 0 Å². The van der Waals surface area contributed by atoms with E-state index >= 15 is 0 Å². The molecule has 1 nitrogen and oxygen atoms in total. The van der Waals surface area contributed by atoms with E-state index in [1.807, 2.05) is 12.1 Å². The van der Waals surface area contributed by atoms with Crippen LogP contribution in [0.1, 0.15) is 109 Å². The van der Waals surface area contributed by atoms with E-state index in [0.29, 0.717) is 0 Å². The maximum Gasteiger partial charge on any atom is 0.0469 e. The third-order valence-corrected chi connectivity index (χ3v) is 5.18. The molecular weight excluding hydrogens is 316 g/mol. The van der Waals surface area contributed by atoms with Gasteiger partial charge in [-0.05, 0) is 30.9 Å². The summed E-state index contributed by atoms with van der Waals surface area (Å²) in [4.78, 5) is 0. The summed E-state index contributed by atoms with van der Waals surface area (Å²) in [6.45, 7) is 4.14. The summed E-state index contributed by atoms with van der Waals surface area (Å²) in [7, 11) is 0. The van der Waals surface area contributed by atoms with Crippen LogP contribution in [0.25, 0.3) is 0 Å². The number of ether oxygens (including phenoxy) is 1. The van der Waals surface area contributed by atoms with Crippen LogP contribution in [0.4, 0.5) is 0 Å². The highest BCUT2D eigenvalue weighted by Gasteiger charge is 1.95. The predicted octanol–water partition coefficient (Wildman–Crippen LogP) is 7.92. The molecule has 1 rings (SSSR count). The fraction of sp³-hybridized carbons (Fsp3) is 0.760. The second-order valence-corrected chi connectivity index (χ2v) is 7.72. The van der Waals surface area contributed by atoms with Crippen molar-refractivity contribution in [3.05, 3.63) is 35.9 Å². The Morgan fingerprint density at radius 1 is 0.615 bits per heavy atom. The van der Waals surface area contributed by atoms with Gasteiger partial charge in [0.25, 0.3) is 0 Å². The Balaban J connectivity index is 1.68. The molecule has 0 aromatic heterocycles. The van der Waals surface area contributed by atoms with Crippen LogP contribution in [0.3, 0.4) is 0 Å². The first-order valence-electron chi connectivity index (χ1n) is 11.5. The van der Waals surface area contributed by atoms with E-state index < -0.39 is 0 Å². The SMILES string of the molecule is CCCCCCCCCCCCCCCCOCCCc1cc[c]cc1. The van der Waals surface area contributed by atoms with Crippen molar-refractivity contribution in [2.75, 3.05) is 13.2 Å². The van der Waals surface area contributed by atoms with Gasteiger partial charge in [0.2, 0.25) is 0 Å². The maximum atomic E-state index is 5.75. The molecule has 0 N–H and O–H groups in total. The van der Waals surface area contributed by atoms with Gasteiger partial charge >= 0.3 is 0 Å². The number of unbranched alkanes of at least 4 members (excludes halogenated alkanes) is 13. The molecule has 0 bridgehead atoms. The standard InChI is InChI=1S/C25H43O/c1-2-3-4-5-6-7-8-9-10-11-12-13-14-18-23-26-24-19-22-25-20-16-15-17-21-25/h16-17,20-21H,2-14,18-19,22-24H2,1H3. The molecule has 0 aliphatic carbocycles. The molecule has 0 atom stereocenters. The van der Waals surface area contributed by atoms with Crippen molar-refractivity contribution in [1.29, 1.82) is 0 Å². The Hall–Kier alpha value is -0.820. The minimum atomic E-state index is 0.900. The summed E-state index contributed by atoms with van der Waals surface area (Å²) in [5.41, 5.74) is 1.39. The first-order valence-corrected chi connectivity index (χ1v) is 11.5. The summed E-state index contributed by atoms with van der Waals surface area (Å²) in [6, 6.07) is 11.3. The van der Waals surface area contributed by atoms with Crippen LogP contribution in [-0.4, -0.2) is 13.2 Å². The number of rotatable bonds is 19. The Bertz CT molecular complexity index is 373. The van der Waals surface area contributed by atoms with E-state index in [1.165, 1.54) is 95.5 Å². The molecule has 0 saturated carbocycles. The van der Waals surface area contributed by atoms with Crippen molar-refractivity contribution in [3.8, 4) is 0 Å². The zero-order valence-electron chi connectivity index (χ0n) is 17.4. The molecule has 0 aliphatic heterocycles. The monoisotopic (exact) mass is 359 g/mol. The van der Waals surface area contributed by atoms with Crippen LogP contribution in [0, 0.1) is 6.07 Å². The van der Waals surface area contributed by atoms with Crippen LogP contribution < -0.4 is 0 Å². The predicted molar refractivity (Wildman–Crippen MR) is 115 cm³/mol. The van der Waals surface area contributed by atoms with Crippen LogP contribution in [0.5, 0.6) is 0 Å². The smallest absolute Gasteiger partial charge is 0.0469 e. The lowest BCUT2D eigenvalue weighted by molar-refractivity contribution is 0.127. The van der Waals surface area contributed by atoms with Gasteiger partial charge in [0.1, 0.15) is 0 Å². The molecule has 0 heterocycles. The van der Waals surface area contributed by atoms with E-state index in [0.717, 1.165) is 26.1 Å². The summed E-state index contributed by atoms with van der Waals surface area (Å²) in [5, 5.41) is 0. The average molecular weight is 360 g/mol. The number of hydrogen-bond acceptors (Lipinski definition) is 1. The van der Waals surface area contributed by atoms with Crippen molar-refractivity contribution < 1.29 is 4.74 Å². The summed E-state index contributed by atoms with van der Waals surface area (Å²) >= 11 is 0. The average Bonchev–Trinajstić information content (AvgIpc) is 2.68. The van der Waals surface area contributed by atoms with Crippen LogP contribution in [0.2, 0.25) is 0 Å². The minimum Gasteiger partial charge on any atom is -0.381 e. The Morgan fingerprint density at radius 2 is 1.08 bits per heavy atom. The second-order valence-electron chi connectivity index (χ2n) is 7.72. The van der Waals surface area contributed by atoms with Gasteiger partial charge in [-0.2, -0.15) is 0 Å². The summed E-state index contributed by atoms with van der Waals surface area (Å²) < 4.78 is 5.75. The van der Waals surface area contributed by atoms with Gasteiger partial charge in [-0.3, -0.25) is 0 Å². The van der Waals surface area contributed by atoms with Gasteiger partial charge in [-0.1, -0.05) is 115 Å². The van der Waals surface area contributed by atoms with Crippen LogP contribution >= 0.6 is 0 Å². The van der Waals surface area contributed by atoms with E-state index in [4.69, 9.17) is 4.74 Å². The van der Waals surface area contributed by atoms with E-state index in [2.05, 4.69) is 25.1 Å². The molecule has 1 aromatic carbocycles. The lowest BCUT2D eigenvalue weighted by atomic mass is 10.0. The zero-order chi connectivity index (χ0) is 18.5. The topological polar surface area (TPSA) is 9.23 Å². The molecular formula is C25H43O. The normalized spacial score (nSPS) is 11.1. The van der Waals surface area contributed by atoms with E-state index in [1.54, 1.807) is 0 Å². The van der Waals surface area contributed by atoms with Crippen LogP contribution in [0.15, 0.2) is 24.3 Å². The van der Waals surface area contributed by atoms with E-state index in [-0.39, 0.29) is 0 Å². The molecule has 0 aliphatic rings. The Kier molecular flexibility index (Phi) is 16.9. The number of benzene rings is 1. The van der Waals surface area contributed by atoms with Crippen LogP contribution in [-0.2, 0) is 11.2 Å². The van der Waals surface area contributed by atoms with Crippen molar-refractivity contribution >= 4 is 0 Å². The Labute approximate surface area is 163 Å². The molecule has 1 radical (unpaired) electrons. The summed E-state index contributed by atoms with van der Waals surface area (Å²) in [6.07, 6.45) is 22.0. The molecule has 0 fully saturated rings. The highest BCUT2D eigenvalue weighted by atomic mass is 16.5. The fourth-order valence-corrected chi connectivity index (χ4v) is 3.47. The van der Waals surface area contributed by atoms with E-state index in [9.17, 15) is 0 Å². The first kappa shape index (κ1) is 23.2. The molecule has 0 saturated heterocycles. The highest BCUT2D eigenvalue weighted by molar-refractivity contribution is 5.13. The lowest BCUT2D eigenvalue weighted by Crippen LogP contribution is -1.98. The second kappa shape index (κ2) is 19.0. The molecule has 149 valence electrons. The molecule has 26 heavy (non-hydrogen) atoms. The highest BCUT2D eigenvalue weighted by Crippen LogP contribution is 2.13. The largest absolute Gasteiger partial charge is 0.381 e. The van der Waals surface area contributed by atoms with Gasteiger partial charge in [0.05, 0.1) is 0 Å². The van der Waals surface area contributed by atoms with Gasteiger partial charge < -0.3 is 4.74 Å². The summed E-state index contributed by atoms with van der Waals surface area (Å²) in [5.74, 6) is 0. The molecule has 0 amide bonds. The van der Waals surface area contributed by atoms with Crippen molar-refractivity contribution in [2.24, 2.45) is 0 Å². The van der Waals surface area contributed by atoms with Crippen molar-refractivity contribution in [2.45, 2.75) is 110 Å². The lowest BCUT2D eigenvalue weighted by Gasteiger charge is -2.05. The third-order valence-electron chi connectivity index (χ3n) is 5.18. The fourth-order valence-electron chi connectivity index (χ4n) is 3.47. The van der Waals surface area contributed by atoms with Crippen molar-refractivity contribution in [1.82, 2.24) is 0 Å². The molecule has 1 aromatic rings. The molecule has 0 unspecified atom stereocenters. The van der Waals surface area contributed by atoms with Gasteiger partial charge in [-0.25, -0.2) is 0 Å². The Morgan fingerprint density at radius 3 is 1.62 bits per heavy atom. The van der Waals surface area contributed by atoms with Gasteiger partial charge in [-0.15, -0.1) is 0 Å². The number of hydrogen-bond donors (Lipinski definition) is 0. The minimum absolute atomic E-state index is 0.900. The van der Waals surface area contributed by atoms with Gasteiger partial charge in [0, 0.05) is 13.2 Å².